The molecule has 70 valence electrons. The van der Waals surface area contributed by atoms with Crippen molar-refractivity contribution in [3.63, 3.8) is 0 Å². The Morgan fingerprint density at radius 3 is 2.92 bits per heavy atom. The molecule has 1 aliphatic carbocycles. The lowest BCUT2D eigenvalue weighted by molar-refractivity contribution is 0.652. The van der Waals surface area contributed by atoms with E-state index in [1.165, 1.54) is 12.0 Å². The number of hydrogen-bond donors (Lipinski definition) is 1. The van der Waals surface area contributed by atoms with Crippen molar-refractivity contribution < 1.29 is 0 Å². The molecular weight excluding hydrogens is 226 g/mol. The highest BCUT2D eigenvalue weighted by Gasteiger charge is 2.31. The SMILES string of the molecule is CC1CC1NCc1cccc(Br)c1. The van der Waals surface area contributed by atoms with Gasteiger partial charge in [0.1, 0.15) is 0 Å². The van der Waals surface area contributed by atoms with E-state index in [1.807, 2.05) is 0 Å². The van der Waals surface area contributed by atoms with Crippen LogP contribution >= 0.6 is 15.9 Å². The fourth-order valence-electron chi connectivity index (χ4n) is 1.50. The van der Waals surface area contributed by atoms with Crippen LogP contribution in [-0.2, 0) is 6.54 Å². The first-order valence-corrected chi connectivity index (χ1v) is 5.53. The van der Waals surface area contributed by atoms with Crippen LogP contribution in [0, 0.1) is 5.92 Å². The van der Waals surface area contributed by atoms with Crippen LogP contribution in [0.25, 0.3) is 0 Å². The molecule has 2 atom stereocenters. The highest BCUT2D eigenvalue weighted by Crippen LogP contribution is 2.29. The maximum Gasteiger partial charge on any atom is 0.0208 e. The van der Waals surface area contributed by atoms with Gasteiger partial charge in [0, 0.05) is 17.1 Å². The summed E-state index contributed by atoms with van der Waals surface area (Å²) in [5, 5.41) is 3.53. The summed E-state index contributed by atoms with van der Waals surface area (Å²) in [7, 11) is 0. The second kappa shape index (κ2) is 3.81. The zero-order valence-electron chi connectivity index (χ0n) is 7.76. The Morgan fingerprint density at radius 2 is 2.31 bits per heavy atom. The zero-order chi connectivity index (χ0) is 9.26. The van der Waals surface area contributed by atoms with Crippen molar-refractivity contribution >= 4 is 15.9 Å². The zero-order valence-corrected chi connectivity index (χ0v) is 9.34. The molecule has 0 aromatic heterocycles. The topological polar surface area (TPSA) is 12.0 Å². The molecular formula is C11H14BrN. The minimum absolute atomic E-state index is 0.763. The number of rotatable bonds is 3. The Morgan fingerprint density at radius 1 is 1.54 bits per heavy atom. The van der Waals surface area contributed by atoms with E-state index >= 15 is 0 Å². The average molecular weight is 240 g/mol. The Hall–Kier alpha value is -0.340. The van der Waals surface area contributed by atoms with Crippen LogP contribution in [0.4, 0.5) is 0 Å². The summed E-state index contributed by atoms with van der Waals surface area (Å²) in [5.74, 6) is 0.882. The van der Waals surface area contributed by atoms with Crippen LogP contribution in [0.1, 0.15) is 18.9 Å². The predicted octanol–water partition coefficient (Wildman–Crippen LogP) is 2.95. The average Bonchev–Trinajstić information content (AvgIpc) is 2.79. The molecule has 2 unspecified atom stereocenters. The summed E-state index contributed by atoms with van der Waals surface area (Å²) in [6.07, 6.45) is 1.34. The van der Waals surface area contributed by atoms with Crippen molar-refractivity contribution in [2.75, 3.05) is 0 Å². The van der Waals surface area contributed by atoms with Crippen LogP contribution in [-0.4, -0.2) is 6.04 Å². The smallest absolute Gasteiger partial charge is 0.0208 e. The Bertz CT molecular complexity index is 298. The van der Waals surface area contributed by atoms with E-state index in [1.54, 1.807) is 0 Å². The maximum absolute atomic E-state index is 3.53. The third-order valence-corrected chi connectivity index (χ3v) is 3.06. The number of halogens is 1. The van der Waals surface area contributed by atoms with Gasteiger partial charge in [0.05, 0.1) is 0 Å². The third-order valence-electron chi connectivity index (χ3n) is 2.57. The quantitative estimate of drug-likeness (QED) is 0.856. The van der Waals surface area contributed by atoms with Gasteiger partial charge in [0.2, 0.25) is 0 Å². The van der Waals surface area contributed by atoms with E-state index in [0.29, 0.717) is 0 Å². The van der Waals surface area contributed by atoms with Gasteiger partial charge >= 0.3 is 0 Å². The Kier molecular flexibility index (Phi) is 2.70. The summed E-state index contributed by atoms with van der Waals surface area (Å²) in [6, 6.07) is 9.23. The molecule has 1 aliphatic rings. The van der Waals surface area contributed by atoms with E-state index < -0.39 is 0 Å². The molecule has 0 amide bonds. The van der Waals surface area contributed by atoms with E-state index in [2.05, 4.69) is 52.4 Å². The molecule has 0 heterocycles. The summed E-state index contributed by atoms with van der Waals surface area (Å²) < 4.78 is 1.16. The monoisotopic (exact) mass is 239 g/mol. The van der Waals surface area contributed by atoms with Crippen molar-refractivity contribution in [1.29, 1.82) is 0 Å². The van der Waals surface area contributed by atoms with E-state index in [0.717, 1.165) is 23.0 Å². The largest absolute Gasteiger partial charge is 0.310 e. The molecule has 1 aromatic rings. The number of nitrogens with one attached hydrogen (secondary N) is 1. The van der Waals surface area contributed by atoms with Crippen molar-refractivity contribution in [3.05, 3.63) is 34.3 Å². The molecule has 0 aliphatic heterocycles. The highest BCUT2D eigenvalue weighted by atomic mass is 79.9. The molecule has 0 saturated heterocycles. The minimum atomic E-state index is 0.763. The molecule has 0 bridgehead atoms. The van der Waals surface area contributed by atoms with Gasteiger partial charge < -0.3 is 5.32 Å². The molecule has 1 aromatic carbocycles. The molecule has 2 rings (SSSR count). The van der Waals surface area contributed by atoms with Gasteiger partial charge in [-0.1, -0.05) is 35.0 Å². The molecule has 13 heavy (non-hydrogen) atoms. The molecule has 0 radical (unpaired) electrons. The van der Waals surface area contributed by atoms with Crippen molar-refractivity contribution in [2.45, 2.75) is 25.9 Å². The minimum Gasteiger partial charge on any atom is -0.310 e. The second-order valence-electron chi connectivity index (χ2n) is 3.83. The summed E-state index contributed by atoms with van der Waals surface area (Å²) in [4.78, 5) is 0. The van der Waals surface area contributed by atoms with E-state index in [-0.39, 0.29) is 0 Å². The lowest BCUT2D eigenvalue weighted by atomic mass is 10.2. The van der Waals surface area contributed by atoms with Gasteiger partial charge in [-0.05, 0) is 30.0 Å². The summed E-state index contributed by atoms with van der Waals surface area (Å²) in [6.45, 7) is 3.28. The normalized spacial score (nSPS) is 26.0. The Labute approximate surface area is 87.7 Å². The maximum atomic E-state index is 3.53. The van der Waals surface area contributed by atoms with Gasteiger partial charge in [-0.25, -0.2) is 0 Å². The standard InChI is InChI=1S/C11H14BrN/c1-8-5-11(8)13-7-9-3-2-4-10(12)6-9/h2-4,6,8,11,13H,5,7H2,1H3. The lowest BCUT2D eigenvalue weighted by Gasteiger charge is -2.03. The molecule has 0 spiro atoms. The first kappa shape index (κ1) is 9.22. The fourth-order valence-corrected chi connectivity index (χ4v) is 1.95. The van der Waals surface area contributed by atoms with Gasteiger partial charge in [-0.15, -0.1) is 0 Å². The van der Waals surface area contributed by atoms with E-state index in [4.69, 9.17) is 0 Å². The van der Waals surface area contributed by atoms with Crippen molar-refractivity contribution in [1.82, 2.24) is 5.32 Å². The molecule has 1 nitrogen and oxygen atoms in total. The van der Waals surface area contributed by atoms with Gasteiger partial charge in [0.15, 0.2) is 0 Å². The van der Waals surface area contributed by atoms with Gasteiger partial charge in [0.25, 0.3) is 0 Å². The molecule has 1 fully saturated rings. The number of benzene rings is 1. The molecule has 1 N–H and O–H groups in total. The van der Waals surface area contributed by atoms with Gasteiger partial charge in [-0.2, -0.15) is 0 Å². The van der Waals surface area contributed by atoms with E-state index in [9.17, 15) is 0 Å². The molecule has 1 saturated carbocycles. The van der Waals surface area contributed by atoms with Crippen molar-refractivity contribution in [3.8, 4) is 0 Å². The highest BCUT2D eigenvalue weighted by molar-refractivity contribution is 9.10. The second-order valence-corrected chi connectivity index (χ2v) is 4.75. The van der Waals surface area contributed by atoms with Gasteiger partial charge in [-0.3, -0.25) is 0 Å². The first-order valence-electron chi connectivity index (χ1n) is 4.73. The van der Waals surface area contributed by atoms with Crippen LogP contribution in [0.5, 0.6) is 0 Å². The lowest BCUT2D eigenvalue weighted by Crippen LogP contribution is -2.16. The fraction of sp³-hybridized carbons (Fsp3) is 0.455. The van der Waals surface area contributed by atoms with Crippen molar-refractivity contribution in [2.24, 2.45) is 5.92 Å². The third kappa shape index (κ3) is 2.55. The predicted molar refractivity (Wildman–Crippen MR) is 58.6 cm³/mol. The molecule has 2 heteroatoms. The van der Waals surface area contributed by atoms with Crippen LogP contribution in [0.2, 0.25) is 0 Å². The van der Waals surface area contributed by atoms with Crippen LogP contribution in [0.15, 0.2) is 28.7 Å². The van der Waals surface area contributed by atoms with Crippen LogP contribution < -0.4 is 5.32 Å². The van der Waals surface area contributed by atoms with Crippen LogP contribution in [0.3, 0.4) is 0 Å². The first-order chi connectivity index (χ1) is 6.25. The summed E-state index contributed by atoms with van der Waals surface area (Å²) in [5.41, 5.74) is 1.36. The summed E-state index contributed by atoms with van der Waals surface area (Å²) >= 11 is 3.47. The Balaban J connectivity index is 1.87. The number of hydrogen-bond acceptors (Lipinski definition) is 1.